The van der Waals surface area contributed by atoms with Crippen molar-refractivity contribution in [1.82, 2.24) is 9.80 Å². The molecule has 3 fully saturated rings. The Kier molecular flexibility index (Phi) is 6.52. The molecule has 3 unspecified atom stereocenters. The average molecular weight is 365 g/mol. The minimum atomic E-state index is -0.0464. The lowest BCUT2D eigenvalue weighted by molar-refractivity contribution is -0.133. The fourth-order valence-electron chi connectivity index (χ4n) is 5.36. The Hall–Kier alpha value is -0.780. The smallest absolute Gasteiger partial charge is 0.146 e. The maximum Gasteiger partial charge on any atom is 0.146 e. The van der Waals surface area contributed by atoms with Crippen LogP contribution in [0.15, 0.2) is 0 Å². The van der Waals surface area contributed by atoms with Crippen molar-refractivity contribution in [2.45, 2.75) is 83.9 Å². The van der Waals surface area contributed by atoms with Crippen LogP contribution in [0.3, 0.4) is 0 Å². The van der Waals surface area contributed by atoms with Crippen molar-refractivity contribution in [2.24, 2.45) is 5.41 Å². The Morgan fingerprint density at radius 1 is 1.12 bits per heavy atom. The van der Waals surface area contributed by atoms with E-state index >= 15 is 0 Å². The summed E-state index contributed by atoms with van der Waals surface area (Å²) >= 11 is 0. The Balaban J connectivity index is 1.74. The molecule has 3 rings (SSSR count). The molecule has 0 N–H and O–H groups in total. The molecule has 5 nitrogen and oxygen atoms in total. The normalized spacial score (nSPS) is 31.7. The van der Waals surface area contributed by atoms with Crippen molar-refractivity contribution < 1.29 is 14.3 Å². The SMILES string of the molecule is CC(=O)CN1CCC2(CCCCC2)CC1C1CN(C(C)C(C)=O)CCO1. The molecule has 3 atom stereocenters. The third-order valence-electron chi connectivity index (χ3n) is 7.07. The van der Waals surface area contributed by atoms with Gasteiger partial charge in [0.05, 0.1) is 25.3 Å². The quantitative estimate of drug-likeness (QED) is 0.751. The fourth-order valence-corrected chi connectivity index (χ4v) is 5.36. The van der Waals surface area contributed by atoms with E-state index in [2.05, 4.69) is 9.80 Å². The molecular formula is C21H36N2O3. The molecule has 0 amide bonds. The van der Waals surface area contributed by atoms with Crippen molar-refractivity contribution in [2.75, 3.05) is 32.8 Å². The minimum Gasteiger partial charge on any atom is -0.374 e. The number of carbonyl (C=O) groups excluding carboxylic acids is 2. The lowest BCUT2D eigenvalue weighted by atomic mass is 9.65. The molecule has 5 heteroatoms. The molecule has 0 aromatic rings. The number of nitrogens with zero attached hydrogens (tertiary/aromatic N) is 2. The number of Topliss-reactive ketones (excluding diaryl/α,β-unsaturated/α-hetero) is 2. The van der Waals surface area contributed by atoms with E-state index in [0.717, 1.165) is 26.1 Å². The van der Waals surface area contributed by atoms with Gasteiger partial charge in [-0.25, -0.2) is 0 Å². The lowest BCUT2D eigenvalue weighted by Crippen LogP contribution is -2.60. The molecule has 0 aromatic carbocycles. The number of piperidine rings is 1. The van der Waals surface area contributed by atoms with Crippen LogP contribution in [0.2, 0.25) is 0 Å². The van der Waals surface area contributed by atoms with Gasteiger partial charge in [0.15, 0.2) is 0 Å². The molecule has 2 heterocycles. The van der Waals surface area contributed by atoms with Gasteiger partial charge in [-0.1, -0.05) is 19.3 Å². The summed E-state index contributed by atoms with van der Waals surface area (Å²) in [7, 11) is 0. The Bertz CT molecular complexity index is 515. The first kappa shape index (κ1) is 20.0. The van der Waals surface area contributed by atoms with Crippen molar-refractivity contribution in [3.05, 3.63) is 0 Å². The number of hydrogen-bond donors (Lipinski definition) is 0. The molecule has 148 valence electrons. The summed E-state index contributed by atoms with van der Waals surface area (Å²) in [6.45, 7) is 9.21. The zero-order chi connectivity index (χ0) is 18.7. The van der Waals surface area contributed by atoms with Crippen LogP contribution in [0.5, 0.6) is 0 Å². The van der Waals surface area contributed by atoms with E-state index < -0.39 is 0 Å². The highest BCUT2D eigenvalue weighted by molar-refractivity contribution is 5.81. The first-order valence-corrected chi connectivity index (χ1v) is 10.5. The van der Waals surface area contributed by atoms with Gasteiger partial charge >= 0.3 is 0 Å². The van der Waals surface area contributed by atoms with Crippen LogP contribution in [0.4, 0.5) is 0 Å². The van der Waals surface area contributed by atoms with E-state index in [4.69, 9.17) is 4.74 Å². The maximum absolute atomic E-state index is 11.8. The summed E-state index contributed by atoms with van der Waals surface area (Å²) in [5.74, 6) is 0.456. The second-order valence-electron chi connectivity index (χ2n) is 8.95. The second kappa shape index (κ2) is 8.49. The van der Waals surface area contributed by atoms with Crippen LogP contribution in [-0.2, 0) is 14.3 Å². The Morgan fingerprint density at radius 3 is 2.50 bits per heavy atom. The van der Waals surface area contributed by atoms with Gasteiger partial charge in [-0.05, 0) is 58.4 Å². The average Bonchev–Trinajstić information content (AvgIpc) is 2.63. The zero-order valence-corrected chi connectivity index (χ0v) is 16.8. The van der Waals surface area contributed by atoms with Crippen molar-refractivity contribution in [3.8, 4) is 0 Å². The number of rotatable bonds is 5. The molecule has 1 saturated carbocycles. The van der Waals surface area contributed by atoms with Gasteiger partial charge in [0, 0.05) is 19.1 Å². The predicted octanol–water partition coefficient (Wildman–Crippen LogP) is 2.67. The summed E-state index contributed by atoms with van der Waals surface area (Å²) in [5.41, 5.74) is 0.452. The maximum atomic E-state index is 11.8. The van der Waals surface area contributed by atoms with Gasteiger partial charge in [0.2, 0.25) is 0 Å². The van der Waals surface area contributed by atoms with Crippen LogP contribution >= 0.6 is 0 Å². The van der Waals surface area contributed by atoms with Gasteiger partial charge < -0.3 is 4.74 Å². The highest BCUT2D eigenvalue weighted by Gasteiger charge is 2.45. The van der Waals surface area contributed by atoms with E-state index in [0.29, 0.717) is 24.6 Å². The number of morpholine rings is 1. The van der Waals surface area contributed by atoms with Crippen LogP contribution in [-0.4, -0.2) is 72.3 Å². The largest absolute Gasteiger partial charge is 0.374 e. The third kappa shape index (κ3) is 4.55. The number of likely N-dealkylation sites (tertiary alicyclic amines) is 1. The molecule has 0 bridgehead atoms. The zero-order valence-electron chi connectivity index (χ0n) is 16.8. The van der Waals surface area contributed by atoms with Crippen LogP contribution in [0.25, 0.3) is 0 Å². The van der Waals surface area contributed by atoms with E-state index in [9.17, 15) is 9.59 Å². The van der Waals surface area contributed by atoms with Gasteiger partial charge in [0.1, 0.15) is 11.6 Å². The molecule has 3 aliphatic rings. The number of ether oxygens (including phenoxy) is 1. The molecule has 1 aliphatic carbocycles. The lowest BCUT2D eigenvalue weighted by Gasteiger charge is -2.52. The second-order valence-corrected chi connectivity index (χ2v) is 8.95. The summed E-state index contributed by atoms with van der Waals surface area (Å²) in [6, 6.07) is 0.252. The van der Waals surface area contributed by atoms with Gasteiger partial charge in [-0.3, -0.25) is 19.4 Å². The van der Waals surface area contributed by atoms with E-state index in [1.165, 1.54) is 38.5 Å². The monoisotopic (exact) mass is 364 g/mol. The van der Waals surface area contributed by atoms with E-state index in [-0.39, 0.29) is 23.7 Å². The topological polar surface area (TPSA) is 49.9 Å². The molecule has 0 aromatic heterocycles. The predicted molar refractivity (Wildman–Crippen MR) is 102 cm³/mol. The summed E-state index contributed by atoms with van der Waals surface area (Å²) in [4.78, 5) is 28.3. The third-order valence-corrected chi connectivity index (χ3v) is 7.07. The highest BCUT2D eigenvalue weighted by Crippen LogP contribution is 2.47. The standard InChI is InChI=1S/C21H36N2O3/c1-16(24)14-23-10-9-21(7-5-4-6-8-21)13-19(23)20-15-22(11-12-26-20)17(2)18(3)25/h17,19-20H,4-15H2,1-3H3. The van der Waals surface area contributed by atoms with Crippen LogP contribution in [0.1, 0.15) is 65.7 Å². The van der Waals surface area contributed by atoms with Crippen molar-refractivity contribution in [3.63, 3.8) is 0 Å². The summed E-state index contributed by atoms with van der Waals surface area (Å²) in [6.07, 6.45) is 9.19. The molecule has 0 radical (unpaired) electrons. The van der Waals surface area contributed by atoms with Crippen LogP contribution in [0, 0.1) is 5.41 Å². The first-order chi connectivity index (χ1) is 12.4. The van der Waals surface area contributed by atoms with Crippen molar-refractivity contribution >= 4 is 11.6 Å². The van der Waals surface area contributed by atoms with Crippen LogP contribution < -0.4 is 0 Å². The van der Waals surface area contributed by atoms with E-state index in [1.807, 2.05) is 6.92 Å². The van der Waals surface area contributed by atoms with E-state index in [1.54, 1.807) is 13.8 Å². The molecule has 2 aliphatic heterocycles. The Morgan fingerprint density at radius 2 is 1.85 bits per heavy atom. The fraction of sp³-hybridized carbons (Fsp3) is 0.905. The molecule has 1 spiro atoms. The highest BCUT2D eigenvalue weighted by atomic mass is 16.5. The minimum absolute atomic E-state index is 0.0464. The molecule has 26 heavy (non-hydrogen) atoms. The molecule has 2 saturated heterocycles. The summed E-state index contributed by atoms with van der Waals surface area (Å²) < 4.78 is 6.22. The van der Waals surface area contributed by atoms with Gasteiger partial charge in [0.25, 0.3) is 0 Å². The number of carbonyl (C=O) groups is 2. The van der Waals surface area contributed by atoms with Gasteiger partial charge in [-0.2, -0.15) is 0 Å². The number of ketones is 2. The molecular weight excluding hydrogens is 328 g/mol. The number of hydrogen-bond acceptors (Lipinski definition) is 5. The Labute approximate surface area is 158 Å². The van der Waals surface area contributed by atoms with Crippen molar-refractivity contribution in [1.29, 1.82) is 0 Å². The van der Waals surface area contributed by atoms with Gasteiger partial charge in [-0.15, -0.1) is 0 Å². The summed E-state index contributed by atoms with van der Waals surface area (Å²) in [5, 5.41) is 0. The first-order valence-electron chi connectivity index (χ1n) is 10.5.